The van der Waals surface area contributed by atoms with Gasteiger partial charge in [0, 0.05) is 35.3 Å². The molecule has 2 heterocycles. The Morgan fingerprint density at radius 2 is 1.80 bits per heavy atom. The van der Waals surface area contributed by atoms with Gasteiger partial charge >= 0.3 is 0 Å². The predicted molar refractivity (Wildman–Crippen MR) is 111 cm³/mol. The first-order valence-electron chi connectivity index (χ1n) is 9.31. The number of hydrogen-bond donors (Lipinski definition) is 1. The molecule has 0 aliphatic heterocycles. The number of pyridine rings is 1. The van der Waals surface area contributed by atoms with Crippen molar-refractivity contribution in [3.05, 3.63) is 83.7 Å². The third-order valence-electron chi connectivity index (χ3n) is 4.65. The zero-order valence-electron chi connectivity index (χ0n) is 16.4. The smallest absolute Gasteiger partial charge is 0.270 e. The Bertz CT molecular complexity index is 1250. The monoisotopic (exact) mass is 404 g/mol. The van der Waals surface area contributed by atoms with Gasteiger partial charge in [0.2, 0.25) is 5.95 Å². The number of fused-ring (bicyclic) bond motifs is 1. The highest BCUT2D eigenvalue weighted by atomic mass is 19.3. The molecule has 2 aromatic carbocycles. The lowest BCUT2D eigenvalue weighted by atomic mass is 10.0. The maximum absolute atomic E-state index is 13.7. The average Bonchev–Trinajstić information content (AvgIpc) is 2.72. The van der Waals surface area contributed by atoms with Crippen molar-refractivity contribution in [3.63, 3.8) is 0 Å². The molecule has 1 N–H and O–H groups in total. The zero-order valence-corrected chi connectivity index (χ0v) is 16.4. The van der Waals surface area contributed by atoms with Gasteiger partial charge in [0.15, 0.2) is 0 Å². The Balaban J connectivity index is 1.75. The van der Waals surface area contributed by atoms with Crippen LogP contribution in [0.15, 0.2) is 66.9 Å². The van der Waals surface area contributed by atoms with E-state index in [0.717, 1.165) is 18.0 Å². The van der Waals surface area contributed by atoms with E-state index >= 15 is 0 Å². The van der Waals surface area contributed by atoms with Crippen LogP contribution in [0.3, 0.4) is 0 Å². The summed E-state index contributed by atoms with van der Waals surface area (Å²) in [6, 6.07) is 16.6. The average molecular weight is 404 g/mol. The van der Waals surface area contributed by atoms with E-state index in [9.17, 15) is 13.6 Å². The first kappa shape index (κ1) is 19.6. The summed E-state index contributed by atoms with van der Waals surface area (Å²) in [7, 11) is 0. The van der Waals surface area contributed by atoms with E-state index in [0.29, 0.717) is 22.3 Å². The summed E-state index contributed by atoms with van der Waals surface area (Å²) in [4.78, 5) is 25.7. The minimum Gasteiger partial charge on any atom is -0.290 e. The van der Waals surface area contributed by atoms with Gasteiger partial charge in [-0.15, -0.1) is 0 Å². The highest BCUT2D eigenvalue weighted by molar-refractivity contribution is 6.11. The molecule has 5 nitrogen and oxygen atoms in total. The van der Waals surface area contributed by atoms with Crippen LogP contribution in [0.2, 0.25) is 0 Å². The van der Waals surface area contributed by atoms with Crippen molar-refractivity contribution in [1.82, 2.24) is 15.0 Å². The Morgan fingerprint density at radius 1 is 1.00 bits per heavy atom. The fraction of sp³-hybridized carbons (Fsp3) is 0.130. The number of anilines is 1. The van der Waals surface area contributed by atoms with Crippen LogP contribution in [-0.2, 0) is 5.92 Å². The number of hydrogen-bond acceptors (Lipinski definition) is 4. The number of carbonyl (C=O) groups is 1. The molecule has 30 heavy (non-hydrogen) atoms. The highest BCUT2D eigenvalue weighted by Gasteiger charge is 2.24. The lowest BCUT2D eigenvalue weighted by molar-refractivity contribution is 0.0175. The van der Waals surface area contributed by atoms with Gasteiger partial charge in [-0.2, -0.15) is 0 Å². The number of nitrogens with zero attached hydrogens (tertiary/aromatic N) is 3. The number of halogens is 2. The Kier molecular flexibility index (Phi) is 4.95. The van der Waals surface area contributed by atoms with Gasteiger partial charge < -0.3 is 0 Å². The molecule has 0 saturated heterocycles. The summed E-state index contributed by atoms with van der Waals surface area (Å²) in [5.41, 5.74) is 2.50. The molecule has 0 atom stereocenters. The summed E-state index contributed by atoms with van der Waals surface area (Å²) in [5, 5.41) is 3.44. The molecule has 0 aliphatic rings. The SMILES string of the molecule is Cc1ccnc(NC(=O)c2cccc3ccc(-c4cccc(C(C)(F)F)c4)nc23)n1. The Hall–Kier alpha value is -3.74. The molecule has 0 fully saturated rings. The van der Waals surface area contributed by atoms with Crippen LogP contribution >= 0.6 is 0 Å². The molecule has 0 aliphatic carbocycles. The zero-order chi connectivity index (χ0) is 21.3. The highest BCUT2D eigenvalue weighted by Crippen LogP contribution is 2.31. The van der Waals surface area contributed by atoms with Gasteiger partial charge in [0.1, 0.15) is 0 Å². The van der Waals surface area contributed by atoms with Gasteiger partial charge in [-0.3, -0.25) is 10.1 Å². The lowest BCUT2D eigenvalue weighted by Gasteiger charge is -2.12. The van der Waals surface area contributed by atoms with Crippen LogP contribution in [0, 0.1) is 6.92 Å². The van der Waals surface area contributed by atoms with Crippen molar-refractivity contribution < 1.29 is 13.6 Å². The Morgan fingerprint density at radius 3 is 2.57 bits per heavy atom. The quantitative estimate of drug-likeness (QED) is 0.497. The van der Waals surface area contributed by atoms with E-state index in [2.05, 4.69) is 20.3 Å². The molecule has 150 valence electrons. The standard InChI is InChI=1S/C23H18F2N4O/c1-14-11-12-26-22(27-14)29-21(30)18-8-4-5-15-9-10-19(28-20(15)18)16-6-3-7-17(13-16)23(2,24)25/h3-13H,1-2H3,(H,26,27,29,30). The molecule has 0 bridgehead atoms. The second-order valence-corrected chi connectivity index (χ2v) is 7.02. The summed E-state index contributed by atoms with van der Waals surface area (Å²) in [6.45, 7) is 2.66. The van der Waals surface area contributed by atoms with Crippen LogP contribution in [0.4, 0.5) is 14.7 Å². The van der Waals surface area contributed by atoms with Gasteiger partial charge in [-0.25, -0.2) is 23.7 Å². The minimum absolute atomic E-state index is 0.0930. The van der Waals surface area contributed by atoms with Crippen LogP contribution in [0.1, 0.15) is 28.5 Å². The molecule has 7 heteroatoms. The van der Waals surface area contributed by atoms with E-state index in [1.165, 1.54) is 12.1 Å². The number of para-hydroxylation sites is 1. The molecule has 2 aromatic heterocycles. The van der Waals surface area contributed by atoms with E-state index < -0.39 is 11.8 Å². The predicted octanol–water partition coefficient (Wildman–Crippen LogP) is 5.36. The van der Waals surface area contributed by atoms with Gasteiger partial charge in [0.05, 0.1) is 16.8 Å². The van der Waals surface area contributed by atoms with Crippen LogP contribution in [0.5, 0.6) is 0 Å². The molecule has 4 aromatic rings. The van der Waals surface area contributed by atoms with E-state index in [-0.39, 0.29) is 11.5 Å². The molecule has 4 rings (SSSR count). The number of rotatable bonds is 4. The van der Waals surface area contributed by atoms with E-state index in [1.807, 2.05) is 12.1 Å². The van der Waals surface area contributed by atoms with Crippen molar-refractivity contribution in [2.75, 3.05) is 5.32 Å². The van der Waals surface area contributed by atoms with Gasteiger partial charge in [-0.1, -0.05) is 36.4 Å². The van der Waals surface area contributed by atoms with Crippen molar-refractivity contribution in [1.29, 1.82) is 0 Å². The van der Waals surface area contributed by atoms with Gasteiger partial charge in [-0.05, 0) is 31.2 Å². The summed E-state index contributed by atoms with van der Waals surface area (Å²) >= 11 is 0. The summed E-state index contributed by atoms with van der Waals surface area (Å²) in [5.74, 6) is -3.15. The maximum atomic E-state index is 13.7. The fourth-order valence-corrected chi connectivity index (χ4v) is 3.12. The topological polar surface area (TPSA) is 67.8 Å². The van der Waals surface area contributed by atoms with Crippen LogP contribution in [0.25, 0.3) is 22.2 Å². The summed E-state index contributed by atoms with van der Waals surface area (Å²) < 4.78 is 27.4. The number of nitrogens with one attached hydrogen (secondary N) is 1. The number of amides is 1. The van der Waals surface area contributed by atoms with E-state index in [1.54, 1.807) is 49.5 Å². The van der Waals surface area contributed by atoms with Gasteiger partial charge in [0.25, 0.3) is 11.8 Å². The first-order valence-corrected chi connectivity index (χ1v) is 9.31. The van der Waals surface area contributed by atoms with Crippen molar-refractivity contribution in [2.24, 2.45) is 0 Å². The van der Waals surface area contributed by atoms with Crippen LogP contribution in [-0.4, -0.2) is 20.9 Å². The minimum atomic E-state index is -2.95. The lowest BCUT2D eigenvalue weighted by Crippen LogP contribution is -2.15. The summed E-state index contributed by atoms with van der Waals surface area (Å²) in [6.07, 6.45) is 1.56. The third kappa shape index (κ3) is 4.00. The number of aromatic nitrogens is 3. The fourth-order valence-electron chi connectivity index (χ4n) is 3.12. The molecule has 0 unspecified atom stereocenters. The van der Waals surface area contributed by atoms with Crippen molar-refractivity contribution in [3.8, 4) is 11.3 Å². The van der Waals surface area contributed by atoms with Crippen LogP contribution < -0.4 is 5.32 Å². The first-order chi connectivity index (χ1) is 14.3. The molecular formula is C23H18F2N4O. The molecular weight excluding hydrogens is 386 g/mol. The maximum Gasteiger partial charge on any atom is 0.270 e. The molecule has 0 saturated carbocycles. The Labute approximate surface area is 171 Å². The second-order valence-electron chi connectivity index (χ2n) is 7.02. The molecule has 1 amide bonds. The molecule has 0 spiro atoms. The van der Waals surface area contributed by atoms with Crippen molar-refractivity contribution in [2.45, 2.75) is 19.8 Å². The second kappa shape index (κ2) is 7.59. The third-order valence-corrected chi connectivity index (χ3v) is 4.65. The number of alkyl halides is 2. The van der Waals surface area contributed by atoms with Crippen molar-refractivity contribution >= 4 is 22.8 Å². The largest absolute Gasteiger partial charge is 0.290 e. The normalized spacial score (nSPS) is 11.5. The number of aryl methyl sites for hydroxylation is 1. The molecule has 0 radical (unpaired) electrons. The number of carbonyl (C=O) groups excluding carboxylic acids is 1. The number of benzene rings is 2. The van der Waals surface area contributed by atoms with E-state index in [4.69, 9.17) is 0 Å².